The molecule has 1 amide bonds. The predicted octanol–water partition coefficient (Wildman–Crippen LogP) is 2.27. The fourth-order valence-corrected chi connectivity index (χ4v) is 2.93. The largest absolute Gasteiger partial charge is 0.493 e. The molecule has 2 aromatic carbocycles. The third-order valence-corrected chi connectivity index (χ3v) is 4.35. The third-order valence-electron chi connectivity index (χ3n) is 4.35. The molecule has 5 heteroatoms. The summed E-state index contributed by atoms with van der Waals surface area (Å²) in [5.74, 6) is 0.794. The lowest BCUT2D eigenvalue weighted by atomic mass is 9.98. The average Bonchev–Trinajstić information content (AvgIpc) is 2.66. The van der Waals surface area contributed by atoms with E-state index in [0.29, 0.717) is 6.54 Å². The number of amides is 1. The van der Waals surface area contributed by atoms with E-state index in [4.69, 9.17) is 15.2 Å². The van der Waals surface area contributed by atoms with Gasteiger partial charge in [-0.1, -0.05) is 30.3 Å². The van der Waals surface area contributed by atoms with Crippen LogP contribution in [0.25, 0.3) is 11.1 Å². The van der Waals surface area contributed by atoms with Gasteiger partial charge in [0.25, 0.3) is 0 Å². The van der Waals surface area contributed by atoms with E-state index >= 15 is 0 Å². The van der Waals surface area contributed by atoms with Crippen LogP contribution in [0, 0.1) is 0 Å². The van der Waals surface area contributed by atoms with Crippen molar-refractivity contribution in [3.63, 3.8) is 0 Å². The highest BCUT2D eigenvalue weighted by Gasteiger charge is 2.13. The highest BCUT2D eigenvalue weighted by Crippen LogP contribution is 2.30. The quantitative estimate of drug-likeness (QED) is 0.846. The number of hydrogen-bond donors (Lipinski definition) is 2. The van der Waals surface area contributed by atoms with Gasteiger partial charge in [0.05, 0.1) is 13.2 Å². The van der Waals surface area contributed by atoms with Gasteiger partial charge in [0.2, 0.25) is 5.91 Å². The average molecular weight is 340 g/mol. The van der Waals surface area contributed by atoms with Gasteiger partial charge >= 0.3 is 0 Å². The van der Waals surface area contributed by atoms with Crippen LogP contribution in [0.15, 0.2) is 42.5 Å². The van der Waals surface area contributed by atoms with Crippen molar-refractivity contribution in [2.24, 2.45) is 5.73 Å². The lowest BCUT2D eigenvalue weighted by Crippen LogP contribution is -2.43. The van der Waals surface area contributed by atoms with Crippen molar-refractivity contribution in [2.45, 2.75) is 25.4 Å². The molecule has 25 heavy (non-hydrogen) atoms. The zero-order valence-corrected chi connectivity index (χ0v) is 14.5. The molecule has 0 fully saturated rings. The number of benzene rings is 2. The van der Waals surface area contributed by atoms with E-state index in [1.54, 1.807) is 0 Å². The van der Waals surface area contributed by atoms with Crippen molar-refractivity contribution in [3.05, 3.63) is 53.6 Å². The van der Waals surface area contributed by atoms with Crippen molar-refractivity contribution in [2.75, 3.05) is 20.3 Å². The molecular weight excluding hydrogens is 316 g/mol. The molecule has 5 nitrogen and oxygen atoms in total. The van der Waals surface area contributed by atoms with Crippen LogP contribution in [0.4, 0.5) is 0 Å². The molecule has 1 heterocycles. The summed E-state index contributed by atoms with van der Waals surface area (Å²) < 4.78 is 10.6. The van der Waals surface area contributed by atoms with E-state index in [9.17, 15) is 4.79 Å². The molecule has 3 N–H and O–H groups in total. The molecule has 0 spiro atoms. The van der Waals surface area contributed by atoms with E-state index in [-0.39, 0.29) is 12.5 Å². The first-order valence-corrected chi connectivity index (χ1v) is 8.54. The summed E-state index contributed by atoms with van der Waals surface area (Å²) in [6.45, 7) is 1.47. The Hall–Kier alpha value is -2.37. The molecule has 1 atom stereocenters. The molecule has 0 bridgehead atoms. The normalized spacial score (nSPS) is 14.3. The third kappa shape index (κ3) is 4.38. The van der Waals surface area contributed by atoms with Gasteiger partial charge in [0.1, 0.15) is 11.8 Å². The second kappa shape index (κ2) is 8.14. The monoisotopic (exact) mass is 340 g/mol. The zero-order chi connectivity index (χ0) is 17.6. The lowest BCUT2D eigenvalue weighted by molar-refractivity contribution is -0.123. The van der Waals surface area contributed by atoms with Gasteiger partial charge in [-0.05, 0) is 47.2 Å². The molecule has 132 valence electrons. The molecule has 0 radical (unpaired) electrons. The molecule has 0 saturated heterocycles. The van der Waals surface area contributed by atoms with Crippen LogP contribution in [-0.4, -0.2) is 32.3 Å². The van der Waals surface area contributed by atoms with E-state index in [1.807, 2.05) is 12.1 Å². The lowest BCUT2D eigenvalue weighted by Gasteiger charge is -2.18. The van der Waals surface area contributed by atoms with Gasteiger partial charge < -0.3 is 20.5 Å². The Labute approximate surface area is 148 Å². The molecule has 1 unspecified atom stereocenters. The minimum absolute atomic E-state index is 0.208. The smallest absolute Gasteiger partial charge is 0.239 e. The van der Waals surface area contributed by atoms with E-state index in [2.05, 4.69) is 35.6 Å². The van der Waals surface area contributed by atoms with Gasteiger partial charge in [-0.2, -0.15) is 0 Å². The number of hydrogen-bond acceptors (Lipinski definition) is 4. The van der Waals surface area contributed by atoms with Crippen molar-refractivity contribution in [3.8, 4) is 16.9 Å². The fraction of sp³-hybridized carbons (Fsp3) is 0.350. The van der Waals surface area contributed by atoms with Crippen LogP contribution in [0.5, 0.6) is 5.75 Å². The Balaban J connectivity index is 1.63. The summed E-state index contributed by atoms with van der Waals surface area (Å²) in [4.78, 5) is 11.8. The van der Waals surface area contributed by atoms with Crippen LogP contribution in [0.1, 0.15) is 17.5 Å². The van der Waals surface area contributed by atoms with Crippen LogP contribution in [0.2, 0.25) is 0 Å². The van der Waals surface area contributed by atoms with Crippen LogP contribution < -0.4 is 15.8 Å². The zero-order valence-electron chi connectivity index (χ0n) is 14.5. The number of carbonyl (C=O) groups excluding carboxylic acids is 1. The van der Waals surface area contributed by atoms with Gasteiger partial charge in [0, 0.05) is 13.7 Å². The highest BCUT2D eigenvalue weighted by atomic mass is 16.5. The number of methoxy groups -OCH3 is 1. The van der Waals surface area contributed by atoms with E-state index < -0.39 is 6.04 Å². The number of aryl methyl sites for hydroxylation is 1. The summed E-state index contributed by atoms with van der Waals surface area (Å²) in [5.41, 5.74) is 10.3. The second-order valence-electron chi connectivity index (χ2n) is 6.25. The first-order chi connectivity index (χ1) is 12.2. The first kappa shape index (κ1) is 17.5. The van der Waals surface area contributed by atoms with Crippen molar-refractivity contribution in [1.82, 2.24) is 5.32 Å². The number of fused-ring (bicyclic) bond motifs is 1. The fourth-order valence-electron chi connectivity index (χ4n) is 2.93. The number of nitrogens with two attached hydrogens (primary N) is 1. The molecule has 0 saturated carbocycles. The number of nitrogens with one attached hydrogen (secondary N) is 1. The minimum atomic E-state index is -0.637. The predicted molar refractivity (Wildman–Crippen MR) is 97.4 cm³/mol. The SMILES string of the molecule is COCC(N)C(=O)NCc1ccc(-c2ccc3c(c2)CCCO3)cc1. The van der Waals surface area contributed by atoms with Gasteiger partial charge in [-0.15, -0.1) is 0 Å². The van der Waals surface area contributed by atoms with E-state index in [1.165, 1.54) is 18.2 Å². The standard InChI is InChI=1S/C20H24N2O3/c1-24-13-18(21)20(23)22-12-14-4-6-15(7-5-14)16-8-9-19-17(11-16)3-2-10-25-19/h4-9,11,18H,2-3,10,12-13,21H2,1H3,(H,22,23). The van der Waals surface area contributed by atoms with Crippen molar-refractivity contribution >= 4 is 5.91 Å². The first-order valence-electron chi connectivity index (χ1n) is 8.54. The molecule has 1 aliphatic rings. The Morgan fingerprint density at radius 1 is 1.24 bits per heavy atom. The Kier molecular flexibility index (Phi) is 5.68. The molecule has 2 aromatic rings. The summed E-state index contributed by atoms with van der Waals surface area (Å²) in [6, 6.07) is 13.9. The topological polar surface area (TPSA) is 73.6 Å². The van der Waals surface area contributed by atoms with Crippen LogP contribution in [-0.2, 0) is 22.5 Å². The van der Waals surface area contributed by atoms with Crippen molar-refractivity contribution in [1.29, 1.82) is 0 Å². The summed E-state index contributed by atoms with van der Waals surface area (Å²) in [7, 11) is 1.53. The molecule has 0 aliphatic carbocycles. The van der Waals surface area contributed by atoms with Crippen LogP contribution in [0.3, 0.4) is 0 Å². The number of carbonyl (C=O) groups is 1. The number of rotatable bonds is 6. The summed E-state index contributed by atoms with van der Waals surface area (Å²) in [6.07, 6.45) is 2.13. The van der Waals surface area contributed by atoms with Gasteiger partial charge in [-0.3, -0.25) is 4.79 Å². The van der Waals surface area contributed by atoms with Gasteiger partial charge in [0.15, 0.2) is 0 Å². The highest BCUT2D eigenvalue weighted by molar-refractivity contribution is 5.81. The molecule has 1 aliphatic heterocycles. The Morgan fingerprint density at radius 2 is 2.00 bits per heavy atom. The number of ether oxygens (including phenoxy) is 2. The maximum absolute atomic E-state index is 11.8. The maximum atomic E-state index is 11.8. The molecular formula is C20H24N2O3. The summed E-state index contributed by atoms with van der Waals surface area (Å²) >= 11 is 0. The minimum Gasteiger partial charge on any atom is -0.493 e. The molecule has 0 aromatic heterocycles. The second-order valence-corrected chi connectivity index (χ2v) is 6.25. The van der Waals surface area contributed by atoms with Gasteiger partial charge in [-0.25, -0.2) is 0 Å². The van der Waals surface area contributed by atoms with Crippen LogP contribution >= 0.6 is 0 Å². The molecule has 3 rings (SSSR count). The Morgan fingerprint density at radius 3 is 2.76 bits per heavy atom. The maximum Gasteiger partial charge on any atom is 0.239 e. The Bertz CT molecular complexity index is 728. The van der Waals surface area contributed by atoms with E-state index in [0.717, 1.165) is 36.3 Å². The summed E-state index contributed by atoms with van der Waals surface area (Å²) in [5, 5.41) is 2.82. The van der Waals surface area contributed by atoms with Crippen molar-refractivity contribution < 1.29 is 14.3 Å².